The van der Waals surface area contributed by atoms with Gasteiger partial charge in [0.15, 0.2) is 11.5 Å². The molecule has 0 saturated carbocycles. The highest BCUT2D eigenvalue weighted by Gasteiger charge is 2.13. The fourth-order valence-corrected chi connectivity index (χ4v) is 3.16. The Labute approximate surface area is 174 Å². The molecule has 3 rings (SSSR count). The topological polar surface area (TPSA) is 30.5 Å². The third-order valence-electron chi connectivity index (χ3n) is 4.83. The normalized spacial score (nSPS) is 10.4. The Morgan fingerprint density at radius 3 is 2.17 bits per heavy atom. The molecule has 0 bridgehead atoms. The Kier molecular flexibility index (Phi) is 6.96. The summed E-state index contributed by atoms with van der Waals surface area (Å²) >= 11 is 0. The third-order valence-corrected chi connectivity index (χ3v) is 4.83. The first-order chi connectivity index (χ1) is 14.1. The van der Waals surface area contributed by atoms with Crippen LogP contribution in [0.25, 0.3) is 0 Å². The number of anilines is 1. The van der Waals surface area contributed by atoms with Crippen molar-refractivity contribution in [1.82, 2.24) is 0 Å². The van der Waals surface area contributed by atoms with E-state index in [-0.39, 0.29) is 0 Å². The van der Waals surface area contributed by atoms with E-state index in [2.05, 4.69) is 80.3 Å². The molecule has 0 saturated heterocycles. The van der Waals surface area contributed by atoms with Gasteiger partial charge >= 0.3 is 0 Å². The van der Waals surface area contributed by atoms with Crippen molar-refractivity contribution in [3.63, 3.8) is 0 Å². The minimum absolute atomic E-state index is 0.502. The molecule has 1 N–H and O–H groups in total. The average Bonchev–Trinajstić information content (AvgIpc) is 2.73. The molecule has 0 atom stereocenters. The van der Waals surface area contributed by atoms with Crippen LogP contribution in [0.5, 0.6) is 11.5 Å². The van der Waals surface area contributed by atoms with Gasteiger partial charge in [-0.05, 0) is 55.7 Å². The van der Waals surface area contributed by atoms with Crippen molar-refractivity contribution in [2.75, 3.05) is 12.4 Å². The molecule has 3 nitrogen and oxygen atoms in total. The van der Waals surface area contributed by atoms with Crippen molar-refractivity contribution in [3.05, 3.63) is 101 Å². The maximum Gasteiger partial charge on any atom is 0.165 e. The van der Waals surface area contributed by atoms with Crippen molar-refractivity contribution in [3.8, 4) is 11.5 Å². The second-order valence-corrected chi connectivity index (χ2v) is 7.27. The predicted octanol–water partition coefficient (Wildman–Crippen LogP) is 6.23. The Morgan fingerprint density at radius 2 is 1.55 bits per heavy atom. The van der Waals surface area contributed by atoms with Gasteiger partial charge in [-0.3, -0.25) is 0 Å². The SMILES string of the molecule is C=CCc1cc(CNc2ccc(C)cc2)cc(OC)c1OCc1ccc(C)cc1. The second kappa shape index (κ2) is 9.83. The lowest BCUT2D eigenvalue weighted by atomic mass is 10.0. The van der Waals surface area contributed by atoms with E-state index in [1.165, 1.54) is 11.1 Å². The zero-order valence-electron chi connectivity index (χ0n) is 17.5. The molecule has 0 aromatic heterocycles. The largest absolute Gasteiger partial charge is 0.493 e. The molecule has 0 amide bonds. The average molecular weight is 388 g/mol. The molecule has 3 aromatic carbocycles. The van der Waals surface area contributed by atoms with Crippen LogP contribution in [0.4, 0.5) is 5.69 Å². The fraction of sp³-hybridized carbons (Fsp3) is 0.231. The number of nitrogens with one attached hydrogen (secondary N) is 1. The number of hydrogen-bond acceptors (Lipinski definition) is 3. The van der Waals surface area contributed by atoms with Crippen molar-refractivity contribution < 1.29 is 9.47 Å². The van der Waals surface area contributed by atoms with Gasteiger partial charge in [0.25, 0.3) is 0 Å². The molecule has 0 aliphatic heterocycles. The van der Waals surface area contributed by atoms with Crippen LogP contribution in [0, 0.1) is 13.8 Å². The lowest BCUT2D eigenvalue weighted by Crippen LogP contribution is -2.05. The number of methoxy groups -OCH3 is 1. The molecule has 3 heteroatoms. The summed E-state index contributed by atoms with van der Waals surface area (Å²) < 4.78 is 11.8. The summed E-state index contributed by atoms with van der Waals surface area (Å²) in [6, 6.07) is 21.0. The van der Waals surface area contributed by atoms with Crippen LogP contribution in [-0.4, -0.2) is 7.11 Å². The van der Waals surface area contributed by atoms with Gasteiger partial charge in [-0.1, -0.05) is 53.6 Å². The second-order valence-electron chi connectivity index (χ2n) is 7.27. The quantitative estimate of drug-likeness (QED) is 0.441. The maximum absolute atomic E-state index is 6.18. The smallest absolute Gasteiger partial charge is 0.165 e. The zero-order valence-corrected chi connectivity index (χ0v) is 17.5. The lowest BCUT2D eigenvalue weighted by Gasteiger charge is -2.17. The lowest BCUT2D eigenvalue weighted by molar-refractivity contribution is 0.281. The maximum atomic E-state index is 6.18. The zero-order chi connectivity index (χ0) is 20.6. The predicted molar refractivity (Wildman–Crippen MR) is 121 cm³/mol. The van der Waals surface area contributed by atoms with Crippen LogP contribution in [0.3, 0.4) is 0 Å². The number of ether oxygens (including phenoxy) is 2. The van der Waals surface area contributed by atoms with E-state index in [1.807, 2.05) is 12.1 Å². The summed E-state index contributed by atoms with van der Waals surface area (Å²) in [5.41, 5.74) is 6.94. The highest BCUT2D eigenvalue weighted by Crippen LogP contribution is 2.34. The standard InChI is InChI=1S/C26H29NO2/c1-5-6-23-15-22(17-27-24-13-9-20(3)10-14-24)16-25(28-4)26(23)29-18-21-11-7-19(2)8-12-21/h5,7-16,27H,1,6,17-18H2,2-4H3. The summed E-state index contributed by atoms with van der Waals surface area (Å²) in [7, 11) is 1.68. The van der Waals surface area contributed by atoms with Gasteiger partial charge in [0.05, 0.1) is 7.11 Å². The highest BCUT2D eigenvalue weighted by molar-refractivity contribution is 5.52. The van der Waals surface area contributed by atoms with E-state index in [4.69, 9.17) is 9.47 Å². The molecule has 0 radical (unpaired) electrons. The summed E-state index contributed by atoms with van der Waals surface area (Å²) in [6.45, 7) is 9.28. The van der Waals surface area contributed by atoms with Crippen molar-refractivity contribution in [2.24, 2.45) is 0 Å². The number of aryl methyl sites for hydroxylation is 2. The summed E-state index contributed by atoms with van der Waals surface area (Å²) in [4.78, 5) is 0. The molecular formula is C26H29NO2. The Balaban J connectivity index is 1.78. The van der Waals surface area contributed by atoms with E-state index in [9.17, 15) is 0 Å². The first-order valence-electron chi connectivity index (χ1n) is 9.88. The van der Waals surface area contributed by atoms with Crippen LogP contribution in [0.15, 0.2) is 73.3 Å². The van der Waals surface area contributed by atoms with E-state index < -0.39 is 0 Å². The molecule has 0 heterocycles. The molecule has 3 aromatic rings. The van der Waals surface area contributed by atoms with E-state index in [0.717, 1.165) is 40.3 Å². The number of hydrogen-bond donors (Lipinski definition) is 1. The minimum Gasteiger partial charge on any atom is -0.493 e. The molecule has 0 unspecified atom stereocenters. The summed E-state index contributed by atoms with van der Waals surface area (Å²) in [5.74, 6) is 1.53. The number of benzene rings is 3. The van der Waals surface area contributed by atoms with Gasteiger partial charge in [0.1, 0.15) is 6.61 Å². The number of rotatable bonds is 9. The minimum atomic E-state index is 0.502. The molecule has 150 valence electrons. The van der Waals surface area contributed by atoms with Gasteiger partial charge in [0.2, 0.25) is 0 Å². The van der Waals surface area contributed by atoms with Crippen LogP contribution in [-0.2, 0) is 19.6 Å². The van der Waals surface area contributed by atoms with Crippen molar-refractivity contribution in [1.29, 1.82) is 0 Å². The van der Waals surface area contributed by atoms with Gasteiger partial charge in [-0.2, -0.15) is 0 Å². The third kappa shape index (κ3) is 5.64. The Morgan fingerprint density at radius 1 is 0.897 bits per heavy atom. The van der Waals surface area contributed by atoms with Crippen molar-refractivity contribution in [2.45, 2.75) is 33.4 Å². The van der Waals surface area contributed by atoms with Crippen molar-refractivity contribution >= 4 is 5.69 Å². The Bertz CT molecular complexity index is 944. The van der Waals surface area contributed by atoms with Gasteiger partial charge in [-0.25, -0.2) is 0 Å². The molecule has 0 spiro atoms. The van der Waals surface area contributed by atoms with Crippen LogP contribution >= 0.6 is 0 Å². The molecule has 0 aliphatic carbocycles. The summed E-state index contributed by atoms with van der Waals surface area (Å²) in [5, 5.41) is 3.47. The van der Waals surface area contributed by atoms with Crippen LogP contribution in [0.1, 0.15) is 27.8 Å². The van der Waals surface area contributed by atoms with Gasteiger partial charge in [0, 0.05) is 17.8 Å². The van der Waals surface area contributed by atoms with E-state index >= 15 is 0 Å². The summed E-state index contributed by atoms with van der Waals surface area (Å²) in [6.07, 6.45) is 2.61. The molecular weight excluding hydrogens is 358 g/mol. The highest BCUT2D eigenvalue weighted by atomic mass is 16.5. The molecule has 29 heavy (non-hydrogen) atoms. The van der Waals surface area contributed by atoms with Crippen LogP contribution in [0.2, 0.25) is 0 Å². The first-order valence-corrected chi connectivity index (χ1v) is 9.88. The van der Waals surface area contributed by atoms with Gasteiger partial charge in [-0.15, -0.1) is 6.58 Å². The van der Waals surface area contributed by atoms with E-state index in [1.54, 1.807) is 7.11 Å². The fourth-order valence-electron chi connectivity index (χ4n) is 3.16. The molecule has 0 fully saturated rings. The molecule has 0 aliphatic rings. The number of allylic oxidation sites excluding steroid dienone is 1. The van der Waals surface area contributed by atoms with E-state index in [0.29, 0.717) is 13.2 Å². The van der Waals surface area contributed by atoms with Gasteiger partial charge < -0.3 is 14.8 Å². The monoisotopic (exact) mass is 387 g/mol. The Hall–Kier alpha value is -3.20. The van der Waals surface area contributed by atoms with Crippen LogP contribution < -0.4 is 14.8 Å². The first kappa shape index (κ1) is 20.5.